The molecule has 0 radical (unpaired) electrons. The van der Waals surface area contributed by atoms with Crippen LogP contribution in [0, 0.1) is 11.3 Å². The minimum absolute atomic E-state index is 0.236. The van der Waals surface area contributed by atoms with E-state index in [9.17, 15) is 4.79 Å². The number of aromatic nitrogens is 2. The zero-order valence-electron chi connectivity index (χ0n) is 10.5. The molecule has 0 bridgehead atoms. The average Bonchev–Trinajstić information content (AvgIpc) is 2.70. The normalized spacial score (nSPS) is 11.9. The Bertz CT molecular complexity index is 430. The number of nitriles is 1. The van der Waals surface area contributed by atoms with Crippen LogP contribution >= 0.6 is 0 Å². The topological polar surface area (TPSA) is 70.7 Å². The first-order valence-electron chi connectivity index (χ1n) is 5.85. The van der Waals surface area contributed by atoms with Crippen molar-refractivity contribution in [1.29, 1.82) is 5.26 Å². The van der Waals surface area contributed by atoms with Crippen molar-refractivity contribution in [2.75, 3.05) is 0 Å². The lowest BCUT2D eigenvalue weighted by atomic mass is 10.2. The van der Waals surface area contributed by atoms with Gasteiger partial charge in [0.2, 0.25) is 0 Å². The molecule has 0 aromatic carbocycles. The van der Waals surface area contributed by atoms with Crippen molar-refractivity contribution in [3.8, 4) is 6.07 Å². The summed E-state index contributed by atoms with van der Waals surface area (Å²) in [4.78, 5) is 11.9. The van der Waals surface area contributed by atoms with Crippen molar-refractivity contribution >= 4 is 5.91 Å². The molecular formula is C12H18N4O. The summed E-state index contributed by atoms with van der Waals surface area (Å²) in [7, 11) is 1.73. The molecule has 17 heavy (non-hydrogen) atoms. The van der Waals surface area contributed by atoms with Gasteiger partial charge >= 0.3 is 0 Å². The van der Waals surface area contributed by atoms with Crippen LogP contribution in [0.4, 0.5) is 0 Å². The van der Waals surface area contributed by atoms with E-state index in [-0.39, 0.29) is 5.91 Å². The molecular weight excluding hydrogens is 216 g/mol. The molecule has 5 nitrogen and oxygen atoms in total. The number of nitrogens with one attached hydrogen (secondary N) is 1. The first kappa shape index (κ1) is 13.2. The Morgan fingerprint density at radius 2 is 2.35 bits per heavy atom. The number of amides is 1. The molecule has 1 heterocycles. The Hall–Kier alpha value is -1.83. The highest BCUT2D eigenvalue weighted by molar-refractivity contribution is 5.93. The minimum Gasteiger partial charge on any atom is -0.335 e. The molecule has 0 spiro atoms. The van der Waals surface area contributed by atoms with Gasteiger partial charge in [-0.3, -0.25) is 9.48 Å². The fraction of sp³-hybridized carbons (Fsp3) is 0.583. The lowest BCUT2D eigenvalue weighted by Crippen LogP contribution is -2.34. The highest BCUT2D eigenvalue weighted by atomic mass is 16.2. The Morgan fingerprint density at radius 3 is 2.82 bits per heavy atom. The molecule has 0 saturated carbocycles. The summed E-state index contributed by atoms with van der Waals surface area (Å²) in [5.74, 6) is -0.236. The molecule has 0 aliphatic heterocycles. The predicted molar refractivity (Wildman–Crippen MR) is 64.4 cm³/mol. The standard InChI is InChI=1S/C12H18N4O/c1-4-6-10(8-13)14-12(17)11-7-9(5-2)15-16(11)3/h7,10H,4-6H2,1-3H3,(H,14,17). The first-order valence-corrected chi connectivity index (χ1v) is 5.85. The second-order valence-electron chi connectivity index (χ2n) is 3.94. The number of hydrogen-bond acceptors (Lipinski definition) is 3. The molecule has 1 unspecified atom stereocenters. The third-order valence-corrected chi connectivity index (χ3v) is 2.56. The monoisotopic (exact) mass is 234 g/mol. The van der Waals surface area contributed by atoms with Crippen molar-refractivity contribution in [3.63, 3.8) is 0 Å². The lowest BCUT2D eigenvalue weighted by molar-refractivity contribution is 0.0934. The molecule has 5 heteroatoms. The van der Waals surface area contributed by atoms with E-state index < -0.39 is 6.04 Å². The van der Waals surface area contributed by atoms with Gasteiger partial charge in [0, 0.05) is 7.05 Å². The van der Waals surface area contributed by atoms with Gasteiger partial charge in [-0.15, -0.1) is 0 Å². The van der Waals surface area contributed by atoms with Gasteiger partial charge in [0.1, 0.15) is 11.7 Å². The van der Waals surface area contributed by atoms with E-state index in [1.54, 1.807) is 17.8 Å². The van der Waals surface area contributed by atoms with Crippen LogP contribution in [-0.2, 0) is 13.5 Å². The van der Waals surface area contributed by atoms with Crippen LogP contribution in [0.25, 0.3) is 0 Å². The molecule has 1 aromatic heterocycles. The van der Waals surface area contributed by atoms with Crippen molar-refractivity contribution in [3.05, 3.63) is 17.5 Å². The summed E-state index contributed by atoms with van der Waals surface area (Å²) in [6.07, 6.45) is 2.32. The summed E-state index contributed by atoms with van der Waals surface area (Å²) >= 11 is 0. The number of hydrogen-bond donors (Lipinski definition) is 1. The smallest absolute Gasteiger partial charge is 0.270 e. The Balaban J connectivity index is 2.75. The summed E-state index contributed by atoms with van der Waals surface area (Å²) in [6, 6.07) is 3.42. The van der Waals surface area contributed by atoms with Crippen LogP contribution in [-0.4, -0.2) is 21.7 Å². The molecule has 92 valence electrons. The van der Waals surface area contributed by atoms with E-state index in [0.29, 0.717) is 12.1 Å². The minimum atomic E-state index is -0.424. The van der Waals surface area contributed by atoms with Crippen LogP contribution in [0.2, 0.25) is 0 Å². The van der Waals surface area contributed by atoms with Crippen LogP contribution in [0.1, 0.15) is 42.9 Å². The maximum atomic E-state index is 11.9. The highest BCUT2D eigenvalue weighted by Crippen LogP contribution is 2.05. The van der Waals surface area contributed by atoms with Gasteiger partial charge in [0.05, 0.1) is 11.8 Å². The second-order valence-corrected chi connectivity index (χ2v) is 3.94. The zero-order chi connectivity index (χ0) is 12.8. The van der Waals surface area contributed by atoms with Gasteiger partial charge in [-0.25, -0.2) is 0 Å². The molecule has 1 rings (SSSR count). The van der Waals surface area contributed by atoms with E-state index >= 15 is 0 Å². The summed E-state index contributed by atoms with van der Waals surface area (Å²) < 4.78 is 1.55. The van der Waals surface area contributed by atoms with Crippen molar-refractivity contribution in [2.24, 2.45) is 7.05 Å². The van der Waals surface area contributed by atoms with Crippen molar-refractivity contribution in [1.82, 2.24) is 15.1 Å². The number of carbonyl (C=O) groups excluding carboxylic acids is 1. The van der Waals surface area contributed by atoms with Gasteiger partial charge in [0.25, 0.3) is 5.91 Å². The molecule has 1 amide bonds. The van der Waals surface area contributed by atoms with Gasteiger partial charge in [0.15, 0.2) is 0 Å². The van der Waals surface area contributed by atoms with E-state index in [2.05, 4.69) is 16.5 Å². The first-order chi connectivity index (χ1) is 8.12. The van der Waals surface area contributed by atoms with Gasteiger partial charge in [-0.1, -0.05) is 20.3 Å². The third-order valence-electron chi connectivity index (χ3n) is 2.56. The van der Waals surface area contributed by atoms with E-state index in [1.165, 1.54) is 0 Å². The zero-order valence-corrected chi connectivity index (χ0v) is 10.5. The van der Waals surface area contributed by atoms with E-state index in [1.807, 2.05) is 13.8 Å². The van der Waals surface area contributed by atoms with Gasteiger partial charge in [-0.2, -0.15) is 10.4 Å². The maximum Gasteiger partial charge on any atom is 0.270 e. The fourth-order valence-electron chi connectivity index (χ4n) is 1.60. The lowest BCUT2D eigenvalue weighted by Gasteiger charge is -2.09. The van der Waals surface area contributed by atoms with Crippen LogP contribution in [0.5, 0.6) is 0 Å². The molecule has 1 aromatic rings. The molecule has 0 aliphatic rings. The predicted octanol–water partition coefficient (Wildman–Crippen LogP) is 1.40. The molecule has 0 aliphatic carbocycles. The maximum absolute atomic E-state index is 11.9. The van der Waals surface area contributed by atoms with Gasteiger partial charge in [-0.05, 0) is 18.9 Å². The quantitative estimate of drug-likeness (QED) is 0.837. The molecule has 1 N–H and O–H groups in total. The largest absolute Gasteiger partial charge is 0.335 e. The van der Waals surface area contributed by atoms with Crippen molar-refractivity contribution in [2.45, 2.75) is 39.2 Å². The number of carbonyl (C=O) groups is 1. The fourth-order valence-corrected chi connectivity index (χ4v) is 1.60. The molecule has 0 fully saturated rings. The Kier molecular flexibility index (Phi) is 4.70. The molecule has 0 saturated heterocycles. The van der Waals surface area contributed by atoms with E-state index in [0.717, 1.165) is 18.5 Å². The summed E-state index contributed by atoms with van der Waals surface area (Å²) in [5.41, 5.74) is 1.37. The molecule has 1 atom stereocenters. The summed E-state index contributed by atoms with van der Waals surface area (Å²) in [5, 5.41) is 15.8. The van der Waals surface area contributed by atoms with Crippen LogP contribution in [0.15, 0.2) is 6.07 Å². The van der Waals surface area contributed by atoms with Crippen molar-refractivity contribution < 1.29 is 4.79 Å². The third kappa shape index (κ3) is 3.31. The number of aryl methyl sites for hydroxylation is 2. The van der Waals surface area contributed by atoms with Crippen LogP contribution in [0.3, 0.4) is 0 Å². The SMILES string of the molecule is CCCC(C#N)NC(=O)c1cc(CC)nn1C. The summed E-state index contributed by atoms with van der Waals surface area (Å²) in [6.45, 7) is 3.97. The van der Waals surface area contributed by atoms with E-state index in [4.69, 9.17) is 5.26 Å². The Labute approximate surface area is 101 Å². The Morgan fingerprint density at radius 1 is 1.65 bits per heavy atom. The van der Waals surface area contributed by atoms with Gasteiger partial charge < -0.3 is 5.32 Å². The number of rotatable bonds is 5. The van der Waals surface area contributed by atoms with Crippen LogP contribution < -0.4 is 5.32 Å². The average molecular weight is 234 g/mol. The highest BCUT2D eigenvalue weighted by Gasteiger charge is 2.16. The number of nitrogens with zero attached hydrogens (tertiary/aromatic N) is 3. The second kappa shape index (κ2) is 6.04.